The van der Waals surface area contributed by atoms with Crippen LogP contribution >= 0.6 is 0 Å². The summed E-state index contributed by atoms with van der Waals surface area (Å²) in [5.41, 5.74) is -0.0198. The van der Waals surface area contributed by atoms with Crippen LogP contribution in [0.15, 0.2) is 0 Å². The third kappa shape index (κ3) is 5.91. The molecule has 1 aliphatic carbocycles. The number of nitrogens with zero attached hydrogens (tertiary/aromatic N) is 1. The summed E-state index contributed by atoms with van der Waals surface area (Å²) in [5.74, 6) is 0.738. The maximum absolute atomic E-state index is 12.2. The topological polar surface area (TPSA) is 60.0 Å². The van der Waals surface area contributed by atoms with Gasteiger partial charge in [-0.3, -0.25) is 9.69 Å². The Morgan fingerprint density at radius 1 is 1.15 bits per heavy atom. The molecule has 1 N–H and O–H groups in total. The summed E-state index contributed by atoms with van der Waals surface area (Å²) in [7, 11) is 0. The molecule has 1 amide bonds. The van der Waals surface area contributed by atoms with Crippen LogP contribution in [0.25, 0.3) is 0 Å². The van der Waals surface area contributed by atoms with E-state index in [1.54, 1.807) is 0 Å². The number of carbonyl (C=O) groups excluding carboxylic acids is 1. The Balaban J connectivity index is 1.30. The summed E-state index contributed by atoms with van der Waals surface area (Å²) in [6, 6.07) is 0. The van der Waals surface area contributed by atoms with Crippen LogP contribution in [-0.4, -0.2) is 75.1 Å². The summed E-state index contributed by atoms with van der Waals surface area (Å²) < 4.78 is 17.6. The molecule has 0 aromatic carbocycles. The Morgan fingerprint density at radius 2 is 1.96 bits per heavy atom. The van der Waals surface area contributed by atoms with Gasteiger partial charge in [0.25, 0.3) is 0 Å². The van der Waals surface area contributed by atoms with E-state index in [0.717, 1.165) is 52.0 Å². The van der Waals surface area contributed by atoms with Crippen LogP contribution in [0, 0.1) is 5.92 Å². The fraction of sp³-hybridized carbons (Fsp3) is 0.950. The highest BCUT2D eigenvalue weighted by Gasteiger charge is 2.35. The fourth-order valence-corrected chi connectivity index (χ4v) is 4.42. The van der Waals surface area contributed by atoms with Gasteiger partial charge in [-0.1, -0.05) is 19.8 Å². The molecular weight excluding hydrogens is 332 g/mol. The monoisotopic (exact) mass is 368 g/mol. The van der Waals surface area contributed by atoms with Gasteiger partial charge in [0.05, 0.1) is 31.5 Å². The molecule has 26 heavy (non-hydrogen) atoms. The minimum Gasteiger partial charge on any atom is -0.381 e. The highest BCUT2D eigenvalue weighted by atomic mass is 16.5. The summed E-state index contributed by atoms with van der Waals surface area (Å²) in [5, 5.41) is 3.01. The van der Waals surface area contributed by atoms with Crippen LogP contribution in [0.5, 0.6) is 0 Å². The van der Waals surface area contributed by atoms with Gasteiger partial charge in [-0.05, 0) is 38.0 Å². The normalized spacial score (nSPS) is 30.0. The van der Waals surface area contributed by atoms with Crippen molar-refractivity contribution in [3.8, 4) is 0 Å². The molecule has 2 saturated heterocycles. The van der Waals surface area contributed by atoms with Crippen LogP contribution in [0.4, 0.5) is 0 Å². The first-order chi connectivity index (χ1) is 12.7. The molecule has 3 aliphatic rings. The molecule has 3 rings (SSSR count). The molecule has 6 heteroatoms. The predicted octanol–water partition coefficient (Wildman–Crippen LogP) is 1.97. The van der Waals surface area contributed by atoms with Crippen molar-refractivity contribution in [1.29, 1.82) is 0 Å². The van der Waals surface area contributed by atoms with E-state index < -0.39 is 0 Å². The Hall–Kier alpha value is -0.690. The number of carbonyl (C=O) groups is 1. The van der Waals surface area contributed by atoms with Gasteiger partial charge in [0.2, 0.25) is 5.91 Å². The van der Waals surface area contributed by atoms with Crippen molar-refractivity contribution < 1.29 is 19.0 Å². The molecule has 2 atom stereocenters. The lowest BCUT2D eigenvalue weighted by molar-refractivity contribution is -0.122. The summed E-state index contributed by atoms with van der Waals surface area (Å²) >= 11 is 0. The maximum Gasteiger partial charge on any atom is 0.234 e. The summed E-state index contributed by atoms with van der Waals surface area (Å²) in [4.78, 5) is 14.4. The number of rotatable bonds is 6. The lowest BCUT2D eigenvalue weighted by atomic mass is 9.88. The fourth-order valence-electron chi connectivity index (χ4n) is 4.42. The van der Waals surface area contributed by atoms with Gasteiger partial charge in [-0.2, -0.15) is 0 Å². The zero-order chi connectivity index (χ0) is 18.2. The molecule has 3 fully saturated rings. The Morgan fingerprint density at radius 3 is 2.77 bits per heavy atom. The summed E-state index contributed by atoms with van der Waals surface area (Å²) in [6.07, 6.45) is 8.34. The van der Waals surface area contributed by atoms with Gasteiger partial charge in [0.1, 0.15) is 0 Å². The minimum absolute atomic E-state index is 0.0198. The molecule has 6 nitrogen and oxygen atoms in total. The molecule has 150 valence electrons. The largest absolute Gasteiger partial charge is 0.381 e. The van der Waals surface area contributed by atoms with E-state index in [4.69, 9.17) is 14.2 Å². The van der Waals surface area contributed by atoms with Crippen molar-refractivity contribution in [2.24, 2.45) is 5.92 Å². The third-order valence-corrected chi connectivity index (χ3v) is 6.26. The molecule has 0 radical (unpaired) electrons. The van der Waals surface area contributed by atoms with Crippen LogP contribution in [-0.2, 0) is 19.0 Å². The van der Waals surface area contributed by atoms with Crippen LogP contribution < -0.4 is 5.32 Å². The molecule has 0 bridgehead atoms. The zero-order valence-electron chi connectivity index (χ0n) is 16.3. The van der Waals surface area contributed by atoms with Gasteiger partial charge < -0.3 is 19.5 Å². The van der Waals surface area contributed by atoms with Gasteiger partial charge in [-0.25, -0.2) is 0 Å². The Bertz CT molecular complexity index is 440. The maximum atomic E-state index is 12.2. The predicted molar refractivity (Wildman–Crippen MR) is 100 cm³/mol. The highest BCUT2D eigenvalue weighted by Crippen LogP contribution is 2.30. The number of ether oxygens (including phenoxy) is 3. The Kier molecular flexibility index (Phi) is 7.73. The molecule has 1 saturated carbocycles. The van der Waals surface area contributed by atoms with E-state index in [2.05, 4.69) is 17.1 Å². The van der Waals surface area contributed by atoms with Crippen LogP contribution in [0.3, 0.4) is 0 Å². The van der Waals surface area contributed by atoms with Crippen molar-refractivity contribution in [1.82, 2.24) is 10.2 Å². The number of nitrogens with one attached hydrogen (secondary N) is 1. The van der Waals surface area contributed by atoms with Crippen molar-refractivity contribution in [2.75, 3.05) is 52.6 Å². The quantitative estimate of drug-likeness (QED) is 0.727. The second-order valence-corrected chi connectivity index (χ2v) is 8.19. The first-order valence-corrected chi connectivity index (χ1v) is 10.5. The first kappa shape index (κ1) is 20.1. The standard InChI is InChI=1S/C20H36N2O4/c1-17-4-2-3-5-18(17)25-14-9-21-19(23)16-22-10-6-20(26-15-11-22)7-12-24-13-8-20/h17-18H,2-16H2,1H3,(H,21,23). The van der Waals surface area contributed by atoms with Gasteiger partial charge in [0.15, 0.2) is 0 Å². The Labute approximate surface area is 157 Å². The molecule has 2 unspecified atom stereocenters. The van der Waals surface area contributed by atoms with Gasteiger partial charge in [0, 0.05) is 32.8 Å². The number of hydrogen-bond acceptors (Lipinski definition) is 5. The lowest BCUT2D eigenvalue weighted by Gasteiger charge is -2.35. The van der Waals surface area contributed by atoms with Crippen molar-refractivity contribution in [3.63, 3.8) is 0 Å². The number of amides is 1. The van der Waals surface area contributed by atoms with Crippen molar-refractivity contribution >= 4 is 5.91 Å². The zero-order valence-corrected chi connectivity index (χ0v) is 16.3. The van der Waals surface area contributed by atoms with Gasteiger partial charge >= 0.3 is 0 Å². The SMILES string of the molecule is CC1CCCCC1OCCNC(=O)CN1CCOC2(CCOCC2)CC1. The number of hydrogen-bond donors (Lipinski definition) is 1. The van der Waals surface area contributed by atoms with Crippen molar-refractivity contribution in [3.05, 3.63) is 0 Å². The molecule has 0 aromatic heterocycles. The molecular formula is C20H36N2O4. The smallest absolute Gasteiger partial charge is 0.234 e. The lowest BCUT2D eigenvalue weighted by Crippen LogP contribution is -2.41. The van der Waals surface area contributed by atoms with E-state index >= 15 is 0 Å². The third-order valence-electron chi connectivity index (χ3n) is 6.26. The molecule has 0 aromatic rings. The minimum atomic E-state index is -0.0198. The van der Waals surface area contributed by atoms with Crippen molar-refractivity contribution in [2.45, 2.75) is 63.6 Å². The first-order valence-electron chi connectivity index (χ1n) is 10.5. The van der Waals surface area contributed by atoms with E-state index in [-0.39, 0.29) is 11.5 Å². The van der Waals surface area contributed by atoms with E-state index in [0.29, 0.717) is 38.3 Å². The second-order valence-electron chi connectivity index (χ2n) is 8.19. The van der Waals surface area contributed by atoms with Gasteiger partial charge in [-0.15, -0.1) is 0 Å². The molecule has 2 aliphatic heterocycles. The van der Waals surface area contributed by atoms with Crippen LogP contribution in [0.1, 0.15) is 51.9 Å². The van der Waals surface area contributed by atoms with E-state index in [1.807, 2.05) is 0 Å². The highest BCUT2D eigenvalue weighted by molar-refractivity contribution is 5.77. The molecule has 1 spiro atoms. The summed E-state index contributed by atoms with van der Waals surface area (Å²) in [6.45, 7) is 7.98. The average Bonchev–Trinajstić information content (AvgIpc) is 2.83. The second kappa shape index (κ2) is 10.0. The average molecular weight is 369 g/mol. The van der Waals surface area contributed by atoms with Crippen LogP contribution in [0.2, 0.25) is 0 Å². The van der Waals surface area contributed by atoms with E-state index in [9.17, 15) is 4.79 Å². The van der Waals surface area contributed by atoms with E-state index in [1.165, 1.54) is 19.3 Å². The molecule has 2 heterocycles.